The third kappa shape index (κ3) is 11.8. The lowest BCUT2D eigenvalue weighted by Gasteiger charge is -2.30. The molecule has 4 N–H and O–H groups in total. The fraction of sp³-hybridized carbons (Fsp3) is 0.909. The maximum Gasteiger partial charge on any atom is 0.407 e. The third-order valence-corrected chi connectivity index (χ3v) is 4.89. The molecular weight excluding hydrogens is 426 g/mol. The molecule has 0 aliphatic heterocycles. The summed E-state index contributed by atoms with van der Waals surface area (Å²) in [7, 11) is 0. The topological polar surface area (TPSA) is 117 Å². The predicted octanol–water partition coefficient (Wildman–Crippen LogP) is 3.53. The monoisotopic (exact) mass is 466 g/mol. The van der Waals surface area contributed by atoms with Gasteiger partial charge in [0.1, 0.15) is 23.5 Å². The van der Waals surface area contributed by atoms with Crippen molar-refractivity contribution in [3.63, 3.8) is 0 Å². The van der Waals surface area contributed by atoms with Gasteiger partial charge in [0, 0.05) is 12.8 Å². The van der Waals surface area contributed by atoms with Crippen molar-refractivity contribution in [2.45, 2.75) is 128 Å². The average molecular weight is 467 g/mol. The number of aliphatic hydroxyl groups excluding tert-OH is 2. The van der Waals surface area contributed by atoms with E-state index in [1.54, 1.807) is 41.5 Å². The number of carbonyl (C=O) groups is 2. The minimum Gasteiger partial charge on any atom is -0.444 e. The van der Waals surface area contributed by atoms with Crippen molar-refractivity contribution in [2.24, 2.45) is 0 Å². The Morgan fingerprint density at radius 1 is 0.719 bits per heavy atom. The van der Waals surface area contributed by atoms with Crippen molar-refractivity contribution >= 4 is 12.2 Å². The zero-order chi connectivity index (χ0) is 24.7. The molecule has 10 heteroatoms. The predicted molar refractivity (Wildman–Crippen MR) is 116 cm³/mol. The maximum atomic E-state index is 13.5. The molecule has 0 aromatic rings. The third-order valence-electron chi connectivity index (χ3n) is 4.89. The van der Waals surface area contributed by atoms with Gasteiger partial charge in [0.25, 0.3) is 0 Å². The molecule has 2 saturated carbocycles. The van der Waals surface area contributed by atoms with Crippen molar-refractivity contribution in [3.8, 4) is 0 Å². The van der Waals surface area contributed by atoms with Gasteiger partial charge in [-0.3, -0.25) is 0 Å². The molecule has 2 fully saturated rings. The summed E-state index contributed by atoms with van der Waals surface area (Å²) >= 11 is 0. The van der Waals surface area contributed by atoms with Gasteiger partial charge >= 0.3 is 12.2 Å². The van der Waals surface area contributed by atoms with Crippen LogP contribution in [-0.4, -0.2) is 70.2 Å². The molecular formula is C22H40F2N2O6. The number of halogens is 2. The number of carbonyl (C=O) groups excluding carboxylic acids is 2. The zero-order valence-electron chi connectivity index (χ0n) is 20.0. The number of alkyl carbamates (subject to hydrolysis) is 2. The van der Waals surface area contributed by atoms with Gasteiger partial charge in [-0.25, -0.2) is 18.4 Å². The number of alkyl halides is 2. The standard InChI is InChI=1S/2C11H20FNO3/c2*1-11(2,3)16-10(15)13-9-5-4-7(14)6-8(9)12/h2*7-9,14H,4-6H2,1-3H3,(H,13,15)/t2*7-,8-,9+/m10/s1. The highest BCUT2D eigenvalue weighted by Crippen LogP contribution is 2.23. The van der Waals surface area contributed by atoms with Crippen molar-refractivity contribution in [1.29, 1.82) is 0 Å². The van der Waals surface area contributed by atoms with Crippen molar-refractivity contribution in [1.82, 2.24) is 10.6 Å². The van der Waals surface area contributed by atoms with E-state index >= 15 is 0 Å². The maximum absolute atomic E-state index is 13.5. The van der Waals surface area contributed by atoms with Crippen LogP contribution < -0.4 is 10.6 Å². The SMILES string of the molecule is CC(C)(C)OC(=O)N[C@@H]1CC[C@H](O)C[C@@H]1F.CC(C)(C)OC(=O)N[C@H]1CC[C@@H](O)C[C@H]1F. The molecule has 0 unspecified atom stereocenters. The summed E-state index contributed by atoms with van der Waals surface area (Å²) in [6, 6.07) is -1.09. The molecule has 0 radical (unpaired) electrons. The molecule has 2 rings (SSSR count). The lowest BCUT2D eigenvalue weighted by molar-refractivity contribution is 0.0322. The Kier molecular flexibility index (Phi) is 10.6. The van der Waals surface area contributed by atoms with Crippen molar-refractivity contribution < 1.29 is 38.1 Å². The number of nitrogens with one attached hydrogen (secondary N) is 2. The van der Waals surface area contributed by atoms with Crippen LogP contribution >= 0.6 is 0 Å². The number of rotatable bonds is 2. The van der Waals surface area contributed by atoms with Crippen LogP contribution in [0, 0.1) is 0 Å². The first-order chi connectivity index (χ1) is 14.6. The molecule has 0 aromatic heterocycles. The van der Waals surface area contributed by atoms with E-state index in [9.17, 15) is 28.6 Å². The van der Waals surface area contributed by atoms with Gasteiger partial charge in [0.05, 0.1) is 24.3 Å². The quantitative estimate of drug-likeness (QED) is 0.495. The van der Waals surface area contributed by atoms with E-state index in [4.69, 9.17) is 9.47 Å². The molecule has 0 aromatic carbocycles. The minimum absolute atomic E-state index is 0.0838. The minimum atomic E-state index is -1.20. The molecule has 0 saturated heterocycles. The van der Waals surface area contributed by atoms with Gasteiger partial charge in [0.2, 0.25) is 0 Å². The molecule has 32 heavy (non-hydrogen) atoms. The highest BCUT2D eigenvalue weighted by molar-refractivity contribution is 5.68. The van der Waals surface area contributed by atoms with Crippen LogP contribution in [0.2, 0.25) is 0 Å². The Morgan fingerprint density at radius 2 is 1.03 bits per heavy atom. The number of amides is 2. The van der Waals surface area contributed by atoms with Crippen LogP contribution in [0.5, 0.6) is 0 Å². The smallest absolute Gasteiger partial charge is 0.407 e. The van der Waals surface area contributed by atoms with Gasteiger partial charge in [-0.1, -0.05) is 0 Å². The Morgan fingerprint density at radius 3 is 1.28 bits per heavy atom. The van der Waals surface area contributed by atoms with E-state index < -0.39 is 60.0 Å². The van der Waals surface area contributed by atoms with Gasteiger partial charge in [0.15, 0.2) is 0 Å². The van der Waals surface area contributed by atoms with E-state index in [-0.39, 0.29) is 12.8 Å². The van der Waals surface area contributed by atoms with E-state index in [1.165, 1.54) is 0 Å². The van der Waals surface area contributed by atoms with Crippen molar-refractivity contribution in [3.05, 3.63) is 0 Å². The highest BCUT2D eigenvalue weighted by Gasteiger charge is 2.32. The first-order valence-corrected chi connectivity index (χ1v) is 11.2. The Labute approximate surface area is 189 Å². The number of ether oxygens (including phenoxy) is 2. The van der Waals surface area contributed by atoms with Gasteiger partial charge in [-0.05, 0) is 67.2 Å². The van der Waals surface area contributed by atoms with Gasteiger partial charge in [-0.15, -0.1) is 0 Å². The largest absolute Gasteiger partial charge is 0.444 e. The van der Waals surface area contributed by atoms with Crippen LogP contribution in [0.3, 0.4) is 0 Å². The summed E-state index contributed by atoms with van der Waals surface area (Å²) in [5, 5.41) is 23.5. The number of aliphatic hydroxyl groups is 2. The molecule has 0 bridgehead atoms. The fourth-order valence-corrected chi connectivity index (χ4v) is 3.43. The highest BCUT2D eigenvalue weighted by atomic mass is 19.1. The number of hydrogen-bond acceptors (Lipinski definition) is 6. The lowest BCUT2D eigenvalue weighted by atomic mass is 9.91. The zero-order valence-corrected chi connectivity index (χ0v) is 20.0. The molecule has 0 heterocycles. The summed E-state index contributed by atoms with van der Waals surface area (Å²) in [4.78, 5) is 22.8. The first kappa shape index (κ1) is 28.4. The normalized spacial score (nSPS) is 30.9. The lowest BCUT2D eigenvalue weighted by Crippen LogP contribution is -2.47. The van der Waals surface area contributed by atoms with Gasteiger partial charge in [-0.2, -0.15) is 0 Å². The summed E-state index contributed by atoms with van der Waals surface area (Å²) in [6.45, 7) is 10.5. The molecule has 188 valence electrons. The second kappa shape index (κ2) is 12.0. The van der Waals surface area contributed by atoms with Crippen LogP contribution in [0.25, 0.3) is 0 Å². The molecule has 2 amide bonds. The molecule has 2 aliphatic rings. The molecule has 2 aliphatic carbocycles. The Balaban J connectivity index is 0.000000320. The molecule has 6 atom stereocenters. The van der Waals surface area contributed by atoms with Crippen LogP contribution in [-0.2, 0) is 9.47 Å². The van der Waals surface area contributed by atoms with Gasteiger partial charge < -0.3 is 30.3 Å². The second-order valence-corrected chi connectivity index (χ2v) is 10.5. The van der Waals surface area contributed by atoms with Crippen LogP contribution in [0.15, 0.2) is 0 Å². The summed E-state index contributed by atoms with van der Waals surface area (Å²) in [5.41, 5.74) is -1.16. The van der Waals surface area contributed by atoms with E-state index in [0.717, 1.165) is 0 Å². The molecule has 0 spiro atoms. The van der Waals surface area contributed by atoms with E-state index in [1.807, 2.05) is 0 Å². The molecule has 8 nitrogen and oxygen atoms in total. The Hall–Kier alpha value is -1.68. The van der Waals surface area contributed by atoms with Crippen LogP contribution in [0.1, 0.15) is 80.1 Å². The summed E-state index contributed by atoms with van der Waals surface area (Å²) in [5.74, 6) is 0. The first-order valence-electron chi connectivity index (χ1n) is 11.2. The summed E-state index contributed by atoms with van der Waals surface area (Å²) < 4.78 is 37.0. The Bertz CT molecular complexity index is 556. The average Bonchev–Trinajstić information content (AvgIpc) is 2.57. The number of hydrogen-bond donors (Lipinski definition) is 4. The van der Waals surface area contributed by atoms with E-state index in [2.05, 4.69) is 10.6 Å². The van der Waals surface area contributed by atoms with E-state index in [0.29, 0.717) is 25.7 Å². The fourth-order valence-electron chi connectivity index (χ4n) is 3.43. The second-order valence-electron chi connectivity index (χ2n) is 10.5. The van der Waals surface area contributed by atoms with Crippen molar-refractivity contribution in [2.75, 3.05) is 0 Å². The van der Waals surface area contributed by atoms with Crippen LogP contribution in [0.4, 0.5) is 18.4 Å². The summed E-state index contributed by atoms with van der Waals surface area (Å²) in [6.07, 6.45) is -2.69.